The first-order valence-corrected chi connectivity index (χ1v) is 8.98. The molecular formula is C19H27N3O2. The standard InChI is InChI=1S/C19H27N3O2/c20-19(10-4-5-11-19)18(24)22-12-8-16(9-13-22)17(23)21-14-15-6-2-1-3-7-15/h1-3,6-7,16H,4-5,8-14,20H2,(H,21,23). The predicted octanol–water partition coefficient (Wildman–Crippen LogP) is 1.81. The summed E-state index contributed by atoms with van der Waals surface area (Å²) < 4.78 is 0. The third-order valence-electron chi connectivity index (χ3n) is 5.38. The summed E-state index contributed by atoms with van der Waals surface area (Å²) in [6, 6.07) is 9.91. The van der Waals surface area contributed by atoms with Gasteiger partial charge in [0.1, 0.15) is 0 Å². The van der Waals surface area contributed by atoms with E-state index in [0.717, 1.165) is 44.1 Å². The largest absolute Gasteiger partial charge is 0.352 e. The van der Waals surface area contributed by atoms with Crippen molar-refractivity contribution < 1.29 is 9.59 Å². The Morgan fingerprint density at radius 1 is 1.12 bits per heavy atom. The van der Waals surface area contributed by atoms with Gasteiger partial charge in [-0.2, -0.15) is 0 Å². The van der Waals surface area contributed by atoms with Gasteiger partial charge >= 0.3 is 0 Å². The van der Waals surface area contributed by atoms with Crippen molar-refractivity contribution in [2.75, 3.05) is 13.1 Å². The Labute approximate surface area is 143 Å². The number of hydrogen-bond donors (Lipinski definition) is 2. The average Bonchev–Trinajstić information content (AvgIpc) is 3.08. The molecular weight excluding hydrogens is 302 g/mol. The zero-order chi connectivity index (χ0) is 17.0. The van der Waals surface area contributed by atoms with Crippen molar-refractivity contribution in [3.63, 3.8) is 0 Å². The fourth-order valence-corrected chi connectivity index (χ4v) is 3.81. The molecule has 1 saturated carbocycles. The zero-order valence-corrected chi connectivity index (χ0v) is 14.2. The summed E-state index contributed by atoms with van der Waals surface area (Å²) in [5, 5.41) is 3.01. The molecule has 1 aromatic carbocycles. The van der Waals surface area contributed by atoms with Gasteiger partial charge in [0.15, 0.2) is 0 Å². The lowest BCUT2D eigenvalue weighted by molar-refractivity contribution is -0.140. The molecule has 24 heavy (non-hydrogen) atoms. The van der Waals surface area contributed by atoms with Crippen molar-refractivity contribution in [2.45, 2.75) is 50.6 Å². The quantitative estimate of drug-likeness (QED) is 0.884. The summed E-state index contributed by atoms with van der Waals surface area (Å²) in [5.41, 5.74) is 6.72. The van der Waals surface area contributed by atoms with Crippen molar-refractivity contribution in [1.29, 1.82) is 0 Å². The minimum atomic E-state index is -0.650. The van der Waals surface area contributed by atoms with Crippen molar-refractivity contribution >= 4 is 11.8 Å². The Hall–Kier alpha value is -1.88. The number of carbonyl (C=O) groups excluding carboxylic acids is 2. The summed E-state index contributed by atoms with van der Waals surface area (Å²) in [6.07, 6.45) is 5.12. The normalized spacial score (nSPS) is 20.8. The molecule has 3 N–H and O–H groups in total. The van der Waals surface area contributed by atoms with Crippen LogP contribution in [0.15, 0.2) is 30.3 Å². The highest BCUT2D eigenvalue weighted by atomic mass is 16.2. The lowest BCUT2D eigenvalue weighted by atomic mass is 9.92. The highest BCUT2D eigenvalue weighted by Crippen LogP contribution is 2.30. The number of amides is 2. The van der Waals surface area contributed by atoms with Gasteiger partial charge in [-0.15, -0.1) is 0 Å². The van der Waals surface area contributed by atoms with Gasteiger partial charge in [0, 0.05) is 25.6 Å². The molecule has 0 unspecified atom stereocenters. The van der Waals surface area contributed by atoms with Crippen molar-refractivity contribution in [2.24, 2.45) is 11.7 Å². The third-order valence-corrected chi connectivity index (χ3v) is 5.38. The highest BCUT2D eigenvalue weighted by Gasteiger charge is 2.41. The molecule has 5 heteroatoms. The minimum absolute atomic E-state index is 0.00457. The van der Waals surface area contributed by atoms with E-state index < -0.39 is 5.54 Å². The number of nitrogens with two attached hydrogens (primary N) is 1. The molecule has 0 radical (unpaired) electrons. The molecule has 0 bridgehead atoms. The first-order chi connectivity index (χ1) is 11.6. The summed E-state index contributed by atoms with van der Waals surface area (Å²) in [6.45, 7) is 1.84. The molecule has 1 heterocycles. The Bertz CT molecular complexity index is 574. The van der Waals surface area contributed by atoms with E-state index in [-0.39, 0.29) is 17.7 Å². The molecule has 1 saturated heterocycles. The Kier molecular flexibility index (Phi) is 5.19. The molecule has 2 fully saturated rings. The number of benzene rings is 1. The first-order valence-electron chi connectivity index (χ1n) is 8.98. The molecule has 2 aliphatic rings. The maximum Gasteiger partial charge on any atom is 0.242 e. The summed E-state index contributed by atoms with van der Waals surface area (Å²) in [7, 11) is 0. The number of nitrogens with zero attached hydrogens (tertiary/aromatic N) is 1. The lowest BCUT2D eigenvalue weighted by Crippen LogP contribution is -2.55. The van der Waals surface area contributed by atoms with Crippen LogP contribution in [0.2, 0.25) is 0 Å². The van der Waals surface area contributed by atoms with E-state index in [1.54, 1.807) is 0 Å². The van der Waals surface area contributed by atoms with E-state index in [9.17, 15) is 9.59 Å². The van der Waals surface area contributed by atoms with Crippen LogP contribution >= 0.6 is 0 Å². The van der Waals surface area contributed by atoms with Crippen LogP contribution in [0.25, 0.3) is 0 Å². The van der Waals surface area contributed by atoms with Crippen molar-refractivity contribution in [3.05, 3.63) is 35.9 Å². The molecule has 1 aliphatic carbocycles. The fourth-order valence-electron chi connectivity index (χ4n) is 3.81. The van der Waals surface area contributed by atoms with Crippen molar-refractivity contribution in [3.8, 4) is 0 Å². The second kappa shape index (κ2) is 7.34. The Balaban J connectivity index is 1.46. The van der Waals surface area contributed by atoms with Gasteiger partial charge in [0.25, 0.3) is 0 Å². The van der Waals surface area contributed by atoms with Crippen LogP contribution in [0.4, 0.5) is 0 Å². The monoisotopic (exact) mass is 329 g/mol. The van der Waals surface area contributed by atoms with Crippen LogP contribution in [-0.2, 0) is 16.1 Å². The van der Waals surface area contributed by atoms with Crippen molar-refractivity contribution in [1.82, 2.24) is 10.2 Å². The van der Waals surface area contributed by atoms with E-state index in [4.69, 9.17) is 5.73 Å². The van der Waals surface area contributed by atoms with Gasteiger partial charge in [-0.1, -0.05) is 43.2 Å². The maximum atomic E-state index is 12.6. The number of piperidine rings is 1. The summed E-state index contributed by atoms with van der Waals surface area (Å²) in [5.74, 6) is 0.174. The second-order valence-electron chi connectivity index (χ2n) is 7.13. The Morgan fingerprint density at radius 3 is 2.38 bits per heavy atom. The molecule has 1 aliphatic heterocycles. The maximum absolute atomic E-state index is 12.6. The first kappa shape index (κ1) is 17.0. The topological polar surface area (TPSA) is 75.4 Å². The molecule has 1 aromatic rings. The average molecular weight is 329 g/mol. The molecule has 2 amide bonds. The summed E-state index contributed by atoms with van der Waals surface area (Å²) in [4.78, 5) is 26.8. The van der Waals surface area contributed by atoms with Crippen LogP contribution in [0, 0.1) is 5.92 Å². The van der Waals surface area contributed by atoms with Gasteiger partial charge < -0.3 is 16.0 Å². The summed E-state index contributed by atoms with van der Waals surface area (Å²) >= 11 is 0. The number of nitrogens with one attached hydrogen (secondary N) is 1. The highest BCUT2D eigenvalue weighted by molar-refractivity contribution is 5.87. The van der Waals surface area contributed by atoms with Crippen LogP contribution in [0.1, 0.15) is 44.1 Å². The van der Waals surface area contributed by atoms with Crippen LogP contribution in [-0.4, -0.2) is 35.3 Å². The molecule has 130 valence electrons. The van der Waals surface area contributed by atoms with E-state index >= 15 is 0 Å². The van der Waals surface area contributed by atoms with Gasteiger partial charge in [0.2, 0.25) is 11.8 Å². The smallest absolute Gasteiger partial charge is 0.242 e. The molecule has 5 nitrogen and oxygen atoms in total. The number of hydrogen-bond acceptors (Lipinski definition) is 3. The third kappa shape index (κ3) is 3.78. The van der Waals surface area contributed by atoms with E-state index in [2.05, 4.69) is 5.32 Å². The van der Waals surface area contributed by atoms with Crippen LogP contribution in [0.3, 0.4) is 0 Å². The lowest BCUT2D eigenvalue weighted by Gasteiger charge is -2.36. The van der Waals surface area contributed by atoms with Gasteiger partial charge in [0.05, 0.1) is 5.54 Å². The Morgan fingerprint density at radius 2 is 1.75 bits per heavy atom. The van der Waals surface area contributed by atoms with Gasteiger partial charge in [-0.25, -0.2) is 0 Å². The van der Waals surface area contributed by atoms with Gasteiger partial charge in [-0.3, -0.25) is 9.59 Å². The SMILES string of the molecule is NC1(C(=O)N2CCC(C(=O)NCc3ccccc3)CC2)CCCC1. The second-order valence-corrected chi connectivity index (χ2v) is 7.13. The van der Waals surface area contributed by atoms with Crippen LogP contribution < -0.4 is 11.1 Å². The van der Waals surface area contributed by atoms with E-state index in [1.807, 2.05) is 35.2 Å². The van der Waals surface area contributed by atoms with E-state index in [0.29, 0.717) is 19.6 Å². The molecule has 0 aromatic heterocycles. The van der Waals surface area contributed by atoms with E-state index in [1.165, 1.54) is 0 Å². The molecule has 3 rings (SSSR count). The predicted molar refractivity (Wildman–Crippen MR) is 93.0 cm³/mol. The molecule has 0 atom stereocenters. The fraction of sp³-hybridized carbons (Fsp3) is 0.579. The number of rotatable bonds is 4. The minimum Gasteiger partial charge on any atom is -0.352 e. The molecule has 0 spiro atoms. The number of carbonyl (C=O) groups is 2. The number of likely N-dealkylation sites (tertiary alicyclic amines) is 1. The zero-order valence-electron chi connectivity index (χ0n) is 14.2. The van der Waals surface area contributed by atoms with Crippen LogP contribution in [0.5, 0.6) is 0 Å². The van der Waals surface area contributed by atoms with Gasteiger partial charge in [-0.05, 0) is 31.2 Å².